The number of para-hydroxylation sites is 1. The van der Waals surface area contributed by atoms with Gasteiger partial charge in [-0.2, -0.15) is 0 Å². The van der Waals surface area contributed by atoms with Crippen molar-refractivity contribution >= 4 is 29.2 Å². The number of benzene rings is 2. The first-order valence-corrected chi connectivity index (χ1v) is 10.0. The Morgan fingerprint density at radius 2 is 1.78 bits per heavy atom. The minimum Gasteiger partial charge on any atom is -0.497 e. The maximum atomic E-state index is 12.6. The number of nitrogens with one attached hydrogen (secondary N) is 1. The number of amides is 2. The smallest absolute Gasteiger partial charge is 0.321 e. The van der Waals surface area contributed by atoms with E-state index in [0.29, 0.717) is 13.1 Å². The average molecular weight is 388 g/mol. The SMILES string of the molecule is COc1ccc(N2CCN(C(=O)Nc3ccccc3SC)CC2)c(OC)c1. The number of carbonyl (C=O) groups is 1. The van der Waals surface area contributed by atoms with Crippen LogP contribution >= 0.6 is 11.8 Å². The number of hydrogen-bond acceptors (Lipinski definition) is 5. The molecule has 1 fully saturated rings. The van der Waals surface area contributed by atoms with E-state index in [1.165, 1.54) is 0 Å². The molecule has 0 atom stereocenters. The third kappa shape index (κ3) is 4.42. The van der Waals surface area contributed by atoms with Crippen molar-refractivity contribution in [3.8, 4) is 11.5 Å². The van der Waals surface area contributed by atoms with Crippen molar-refractivity contribution in [3.05, 3.63) is 42.5 Å². The number of nitrogens with zero attached hydrogens (tertiary/aromatic N) is 2. The molecule has 7 heteroatoms. The molecular weight excluding hydrogens is 362 g/mol. The van der Waals surface area contributed by atoms with E-state index in [1.807, 2.05) is 53.6 Å². The minimum atomic E-state index is -0.0576. The summed E-state index contributed by atoms with van der Waals surface area (Å²) in [6, 6.07) is 13.6. The molecule has 1 aliphatic heterocycles. The molecule has 1 N–H and O–H groups in total. The fraction of sp³-hybridized carbons (Fsp3) is 0.350. The zero-order valence-corrected chi connectivity index (χ0v) is 16.7. The van der Waals surface area contributed by atoms with E-state index in [1.54, 1.807) is 26.0 Å². The van der Waals surface area contributed by atoms with Gasteiger partial charge in [-0.3, -0.25) is 0 Å². The van der Waals surface area contributed by atoms with E-state index in [0.717, 1.165) is 40.9 Å². The number of hydrogen-bond donors (Lipinski definition) is 1. The number of methoxy groups -OCH3 is 2. The van der Waals surface area contributed by atoms with Crippen LogP contribution in [0.25, 0.3) is 0 Å². The summed E-state index contributed by atoms with van der Waals surface area (Å²) in [5.41, 5.74) is 1.88. The summed E-state index contributed by atoms with van der Waals surface area (Å²) in [4.78, 5) is 17.8. The molecule has 1 saturated heterocycles. The highest BCUT2D eigenvalue weighted by atomic mass is 32.2. The Balaban J connectivity index is 1.62. The second-order valence-electron chi connectivity index (χ2n) is 6.14. The Morgan fingerprint density at radius 1 is 1.04 bits per heavy atom. The monoisotopic (exact) mass is 387 g/mol. The first kappa shape index (κ1) is 19.2. The van der Waals surface area contributed by atoms with Crippen molar-refractivity contribution in [3.63, 3.8) is 0 Å². The summed E-state index contributed by atoms with van der Waals surface area (Å²) in [5, 5.41) is 3.03. The Labute approximate surface area is 164 Å². The standard InChI is InChI=1S/C20H25N3O3S/c1-25-15-8-9-17(18(14-15)26-2)22-10-12-23(13-11-22)20(24)21-16-6-4-5-7-19(16)27-3/h4-9,14H,10-13H2,1-3H3,(H,21,24). The van der Waals surface area contributed by atoms with Gasteiger partial charge in [0.25, 0.3) is 0 Å². The lowest BCUT2D eigenvalue weighted by atomic mass is 10.2. The maximum Gasteiger partial charge on any atom is 0.321 e. The van der Waals surface area contributed by atoms with Crippen molar-refractivity contribution < 1.29 is 14.3 Å². The first-order chi connectivity index (χ1) is 13.2. The van der Waals surface area contributed by atoms with Crippen molar-refractivity contribution in [2.24, 2.45) is 0 Å². The fourth-order valence-corrected chi connectivity index (χ4v) is 3.69. The summed E-state index contributed by atoms with van der Waals surface area (Å²) >= 11 is 1.62. The molecule has 144 valence electrons. The normalized spacial score (nSPS) is 14.0. The zero-order chi connectivity index (χ0) is 19.2. The van der Waals surface area contributed by atoms with Crippen LogP contribution in [-0.2, 0) is 0 Å². The molecule has 6 nitrogen and oxygen atoms in total. The quantitative estimate of drug-likeness (QED) is 0.792. The van der Waals surface area contributed by atoms with Gasteiger partial charge < -0.3 is 24.6 Å². The van der Waals surface area contributed by atoms with Crippen LogP contribution in [0, 0.1) is 0 Å². The summed E-state index contributed by atoms with van der Waals surface area (Å²) in [6.45, 7) is 2.81. The Hall–Kier alpha value is -2.54. The van der Waals surface area contributed by atoms with Gasteiger partial charge in [0.15, 0.2) is 0 Å². The van der Waals surface area contributed by atoms with E-state index in [9.17, 15) is 4.79 Å². The molecule has 0 bridgehead atoms. The number of anilines is 2. The van der Waals surface area contributed by atoms with Crippen LogP contribution in [0.1, 0.15) is 0 Å². The number of piperazine rings is 1. The Kier molecular flexibility index (Phi) is 6.34. The molecule has 0 saturated carbocycles. The molecule has 0 unspecified atom stereocenters. The minimum absolute atomic E-state index is 0.0576. The van der Waals surface area contributed by atoms with E-state index in [2.05, 4.69) is 10.2 Å². The molecule has 27 heavy (non-hydrogen) atoms. The van der Waals surface area contributed by atoms with Gasteiger partial charge in [0.05, 0.1) is 25.6 Å². The number of carbonyl (C=O) groups excluding carboxylic acids is 1. The molecule has 0 aromatic heterocycles. The van der Waals surface area contributed by atoms with Crippen LogP contribution in [0.3, 0.4) is 0 Å². The highest BCUT2D eigenvalue weighted by Crippen LogP contribution is 2.33. The van der Waals surface area contributed by atoms with Crippen LogP contribution in [-0.4, -0.2) is 57.6 Å². The lowest BCUT2D eigenvalue weighted by molar-refractivity contribution is 0.208. The van der Waals surface area contributed by atoms with Crippen molar-refractivity contribution in [1.82, 2.24) is 4.90 Å². The van der Waals surface area contributed by atoms with Gasteiger partial charge in [0.1, 0.15) is 11.5 Å². The van der Waals surface area contributed by atoms with Gasteiger partial charge in [-0.15, -0.1) is 11.8 Å². The largest absolute Gasteiger partial charge is 0.497 e. The van der Waals surface area contributed by atoms with Crippen molar-refractivity contribution in [1.29, 1.82) is 0 Å². The third-order valence-corrected chi connectivity index (χ3v) is 5.44. The van der Waals surface area contributed by atoms with Gasteiger partial charge >= 0.3 is 6.03 Å². The van der Waals surface area contributed by atoms with E-state index < -0.39 is 0 Å². The topological polar surface area (TPSA) is 54.0 Å². The molecule has 3 rings (SSSR count). The molecule has 0 aliphatic carbocycles. The second-order valence-corrected chi connectivity index (χ2v) is 6.99. The predicted octanol–water partition coefficient (Wildman–Crippen LogP) is 3.78. The molecule has 1 heterocycles. The third-order valence-electron chi connectivity index (χ3n) is 4.64. The molecule has 2 amide bonds. The van der Waals surface area contributed by atoms with E-state index in [-0.39, 0.29) is 6.03 Å². The van der Waals surface area contributed by atoms with Gasteiger partial charge in [-0.1, -0.05) is 12.1 Å². The molecule has 2 aromatic carbocycles. The summed E-state index contributed by atoms with van der Waals surface area (Å²) in [7, 11) is 3.30. The van der Waals surface area contributed by atoms with Crippen LogP contribution in [0.2, 0.25) is 0 Å². The van der Waals surface area contributed by atoms with Gasteiger partial charge in [-0.25, -0.2) is 4.79 Å². The average Bonchev–Trinajstić information content (AvgIpc) is 2.73. The van der Waals surface area contributed by atoms with Crippen molar-refractivity contribution in [2.75, 3.05) is 56.9 Å². The lowest BCUT2D eigenvalue weighted by Crippen LogP contribution is -2.50. The molecule has 2 aromatic rings. The van der Waals surface area contributed by atoms with Crippen molar-refractivity contribution in [2.45, 2.75) is 4.90 Å². The van der Waals surface area contributed by atoms with Crippen LogP contribution in [0.15, 0.2) is 47.4 Å². The van der Waals surface area contributed by atoms with Crippen LogP contribution in [0.4, 0.5) is 16.2 Å². The van der Waals surface area contributed by atoms with Gasteiger partial charge in [0, 0.05) is 37.1 Å². The van der Waals surface area contributed by atoms with Gasteiger partial charge in [0.2, 0.25) is 0 Å². The molecule has 0 radical (unpaired) electrons. The Bertz CT molecular complexity index is 792. The number of rotatable bonds is 5. The lowest BCUT2D eigenvalue weighted by Gasteiger charge is -2.36. The summed E-state index contributed by atoms with van der Waals surface area (Å²) in [6.07, 6.45) is 2.01. The van der Waals surface area contributed by atoms with E-state index in [4.69, 9.17) is 9.47 Å². The number of urea groups is 1. The number of ether oxygens (including phenoxy) is 2. The predicted molar refractivity (Wildman–Crippen MR) is 111 cm³/mol. The highest BCUT2D eigenvalue weighted by Gasteiger charge is 2.23. The summed E-state index contributed by atoms with van der Waals surface area (Å²) in [5.74, 6) is 1.54. The molecule has 1 aliphatic rings. The first-order valence-electron chi connectivity index (χ1n) is 8.82. The molecular formula is C20H25N3O3S. The van der Waals surface area contributed by atoms with Gasteiger partial charge in [-0.05, 0) is 30.5 Å². The maximum absolute atomic E-state index is 12.6. The highest BCUT2D eigenvalue weighted by molar-refractivity contribution is 7.98. The van der Waals surface area contributed by atoms with E-state index >= 15 is 0 Å². The summed E-state index contributed by atoms with van der Waals surface area (Å²) < 4.78 is 10.8. The second kappa shape index (κ2) is 8.90. The fourth-order valence-electron chi connectivity index (χ4n) is 3.14. The van der Waals surface area contributed by atoms with Crippen LogP contribution < -0.4 is 19.7 Å². The number of thioether (sulfide) groups is 1. The zero-order valence-electron chi connectivity index (χ0n) is 15.9. The van der Waals surface area contributed by atoms with Crippen LogP contribution in [0.5, 0.6) is 11.5 Å². The molecule has 0 spiro atoms. The Morgan fingerprint density at radius 3 is 2.44 bits per heavy atom.